The summed E-state index contributed by atoms with van der Waals surface area (Å²) in [6, 6.07) is 7.26. The van der Waals surface area contributed by atoms with Gasteiger partial charge in [-0.1, -0.05) is 17.7 Å². The molecule has 1 aliphatic heterocycles. The largest absolute Gasteiger partial charge is 0.468 e. The van der Waals surface area contributed by atoms with Crippen LogP contribution in [0.5, 0.6) is 5.88 Å². The van der Waals surface area contributed by atoms with Crippen LogP contribution in [0.25, 0.3) is 0 Å². The van der Waals surface area contributed by atoms with Crippen LogP contribution < -0.4 is 14.4 Å². The minimum absolute atomic E-state index is 0.0145. The molecule has 0 spiro atoms. The minimum Gasteiger partial charge on any atom is -0.468 e. The lowest BCUT2D eigenvalue weighted by Crippen LogP contribution is -2.45. The van der Waals surface area contributed by atoms with Crippen molar-refractivity contribution in [2.75, 3.05) is 22.8 Å². The van der Waals surface area contributed by atoms with Crippen LogP contribution in [0.1, 0.15) is 20.8 Å². The molecule has 11 heteroatoms. The molecule has 1 aliphatic rings. The van der Waals surface area contributed by atoms with Crippen molar-refractivity contribution in [2.24, 2.45) is 0 Å². The summed E-state index contributed by atoms with van der Waals surface area (Å²) in [6.07, 6.45) is -0.200. The van der Waals surface area contributed by atoms with E-state index in [0.717, 1.165) is 4.31 Å². The number of carbonyl (C=O) groups excluding carboxylic acids is 1. The van der Waals surface area contributed by atoms with Crippen molar-refractivity contribution < 1.29 is 27.8 Å². The summed E-state index contributed by atoms with van der Waals surface area (Å²) in [7, 11) is -4.04. The van der Waals surface area contributed by atoms with Crippen molar-refractivity contribution >= 4 is 39.1 Å². The molecular formula is C19H22ClN3O6S. The average molecular weight is 456 g/mol. The van der Waals surface area contributed by atoms with Crippen LogP contribution in [0.2, 0.25) is 5.02 Å². The predicted molar refractivity (Wildman–Crippen MR) is 112 cm³/mol. The van der Waals surface area contributed by atoms with Gasteiger partial charge in [0.25, 0.3) is 10.0 Å². The number of aliphatic hydroxyl groups is 1. The SMILES string of the molecule is CC(C)(C)OC(=O)Nc1cnc2c(c1)N(S(=O)(=O)c1cccc(Cl)c1)C[C@H](CO)O2. The average Bonchev–Trinajstić information content (AvgIpc) is 2.65. The van der Waals surface area contributed by atoms with E-state index in [-0.39, 0.29) is 33.7 Å². The zero-order valence-electron chi connectivity index (χ0n) is 16.6. The lowest BCUT2D eigenvalue weighted by atomic mass is 10.2. The molecule has 2 aromatic rings. The first-order valence-corrected chi connectivity index (χ1v) is 10.9. The van der Waals surface area contributed by atoms with Crippen LogP contribution in [-0.4, -0.2) is 49.5 Å². The molecular weight excluding hydrogens is 434 g/mol. The van der Waals surface area contributed by atoms with Crippen LogP contribution in [0.15, 0.2) is 41.4 Å². The number of carbonyl (C=O) groups is 1. The third kappa shape index (κ3) is 4.94. The van der Waals surface area contributed by atoms with Crippen LogP contribution in [0.3, 0.4) is 0 Å². The molecule has 0 bridgehead atoms. The first-order valence-electron chi connectivity index (χ1n) is 9.05. The zero-order valence-corrected chi connectivity index (χ0v) is 18.2. The molecule has 0 saturated heterocycles. The van der Waals surface area contributed by atoms with Crippen LogP contribution in [-0.2, 0) is 14.8 Å². The van der Waals surface area contributed by atoms with Gasteiger partial charge in [0.2, 0.25) is 5.88 Å². The molecule has 9 nitrogen and oxygen atoms in total. The standard InChI is InChI=1S/C19H22ClN3O6S/c1-19(2,3)29-18(25)22-13-8-16-17(21-9-13)28-14(11-24)10-23(16)30(26,27)15-6-4-5-12(20)7-15/h4-9,14,24H,10-11H2,1-3H3,(H,22,25)/t14-/m1/s1. The predicted octanol–water partition coefficient (Wildman–Crippen LogP) is 3.03. The molecule has 0 fully saturated rings. The number of hydrogen-bond donors (Lipinski definition) is 2. The first-order chi connectivity index (χ1) is 14.0. The maximum Gasteiger partial charge on any atom is 0.412 e. The summed E-state index contributed by atoms with van der Waals surface area (Å²) in [5.74, 6) is 0.0145. The number of halogens is 1. The van der Waals surface area contributed by atoms with E-state index in [1.54, 1.807) is 26.8 Å². The van der Waals surface area contributed by atoms with Crippen LogP contribution in [0, 0.1) is 0 Å². The van der Waals surface area contributed by atoms with Crippen LogP contribution in [0.4, 0.5) is 16.2 Å². The summed E-state index contributed by atoms with van der Waals surface area (Å²) in [6.45, 7) is 4.62. The van der Waals surface area contributed by atoms with E-state index in [9.17, 15) is 18.3 Å². The van der Waals surface area contributed by atoms with Gasteiger partial charge < -0.3 is 14.6 Å². The minimum atomic E-state index is -4.04. The zero-order chi connectivity index (χ0) is 22.1. The summed E-state index contributed by atoms with van der Waals surface area (Å²) in [5.41, 5.74) is -0.362. The number of fused-ring (bicyclic) bond motifs is 1. The van der Waals surface area contributed by atoms with Gasteiger partial charge in [-0.05, 0) is 45.0 Å². The summed E-state index contributed by atoms with van der Waals surface area (Å²) in [5, 5.41) is 12.3. The van der Waals surface area contributed by atoms with Gasteiger partial charge in [-0.3, -0.25) is 9.62 Å². The Labute approximate surface area is 179 Å². The van der Waals surface area contributed by atoms with E-state index < -0.39 is 34.4 Å². The molecule has 3 rings (SSSR count). The number of ether oxygens (including phenoxy) is 2. The smallest absolute Gasteiger partial charge is 0.412 e. The Balaban J connectivity index is 1.99. The van der Waals surface area contributed by atoms with E-state index in [4.69, 9.17) is 21.1 Å². The maximum absolute atomic E-state index is 13.3. The number of amides is 1. The second-order valence-corrected chi connectivity index (χ2v) is 9.89. The van der Waals surface area contributed by atoms with Gasteiger partial charge in [-0.15, -0.1) is 0 Å². The Kier molecular flexibility index (Phi) is 6.11. The van der Waals surface area contributed by atoms with Crippen molar-refractivity contribution in [3.05, 3.63) is 41.6 Å². The number of aromatic nitrogens is 1. The van der Waals surface area contributed by atoms with E-state index in [2.05, 4.69) is 10.3 Å². The maximum atomic E-state index is 13.3. The van der Waals surface area contributed by atoms with Gasteiger partial charge >= 0.3 is 6.09 Å². The number of anilines is 2. The van der Waals surface area contributed by atoms with Gasteiger partial charge in [0, 0.05) is 5.02 Å². The van der Waals surface area contributed by atoms with Gasteiger partial charge in [-0.2, -0.15) is 0 Å². The number of rotatable bonds is 4. The second-order valence-electron chi connectivity index (χ2n) is 7.59. The molecule has 1 aromatic heterocycles. The fourth-order valence-corrected chi connectivity index (χ4v) is 4.54. The molecule has 1 aromatic carbocycles. The Morgan fingerprint density at radius 3 is 2.77 bits per heavy atom. The number of hydrogen-bond acceptors (Lipinski definition) is 7. The Morgan fingerprint density at radius 1 is 1.40 bits per heavy atom. The third-order valence-corrected chi connectivity index (χ3v) is 5.99. The lowest BCUT2D eigenvalue weighted by Gasteiger charge is -2.34. The molecule has 0 aliphatic carbocycles. The van der Waals surface area contributed by atoms with Crippen molar-refractivity contribution in [2.45, 2.75) is 37.4 Å². The highest BCUT2D eigenvalue weighted by Crippen LogP contribution is 2.37. The highest BCUT2D eigenvalue weighted by Gasteiger charge is 2.35. The number of sulfonamides is 1. The molecule has 1 atom stereocenters. The number of pyridine rings is 1. The number of benzene rings is 1. The third-order valence-electron chi connectivity index (χ3n) is 3.98. The fourth-order valence-electron chi connectivity index (χ4n) is 2.76. The number of aliphatic hydroxyl groups excluding tert-OH is 1. The summed E-state index contributed by atoms with van der Waals surface area (Å²) in [4.78, 5) is 16.1. The Hall–Kier alpha value is -2.56. The van der Waals surface area contributed by atoms with Gasteiger partial charge in [0.15, 0.2) is 0 Å². The summed E-state index contributed by atoms with van der Waals surface area (Å²) < 4.78 is 38.4. The topological polar surface area (TPSA) is 118 Å². The molecule has 30 heavy (non-hydrogen) atoms. The first kappa shape index (κ1) is 22.1. The van der Waals surface area contributed by atoms with Crippen molar-refractivity contribution in [1.82, 2.24) is 4.98 Å². The molecule has 0 radical (unpaired) electrons. The molecule has 162 valence electrons. The molecule has 2 heterocycles. The van der Waals surface area contributed by atoms with Crippen molar-refractivity contribution in [3.8, 4) is 5.88 Å². The monoisotopic (exact) mass is 455 g/mol. The van der Waals surface area contributed by atoms with E-state index >= 15 is 0 Å². The quantitative estimate of drug-likeness (QED) is 0.727. The van der Waals surface area contributed by atoms with Gasteiger partial charge in [-0.25, -0.2) is 18.2 Å². The lowest BCUT2D eigenvalue weighted by molar-refractivity contribution is 0.0635. The highest BCUT2D eigenvalue weighted by molar-refractivity contribution is 7.92. The Bertz CT molecular complexity index is 1050. The molecule has 0 unspecified atom stereocenters. The molecule has 1 amide bonds. The normalized spacial score (nSPS) is 16.4. The van der Waals surface area contributed by atoms with Gasteiger partial charge in [0.1, 0.15) is 17.4 Å². The van der Waals surface area contributed by atoms with Crippen LogP contribution >= 0.6 is 11.6 Å². The summed E-state index contributed by atoms with van der Waals surface area (Å²) >= 11 is 5.96. The van der Waals surface area contributed by atoms with Crippen molar-refractivity contribution in [1.29, 1.82) is 0 Å². The van der Waals surface area contributed by atoms with Crippen molar-refractivity contribution in [3.63, 3.8) is 0 Å². The van der Waals surface area contributed by atoms with E-state index in [1.807, 2.05) is 0 Å². The Morgan fingerprint density at radius 2 is 2.13 bits per heavy atom. The van der Waals surface area contributed by atoms with E-state index in [0.29, 0.717) is 0 Å². The number of nitrogens with one attached hydrogen (secondary N) is 1. The highest BCUT2D eigenvalue weighted by atomic mass is 35.5. The number of nitrogens with zero attached hydrogens (tertiary/aromatic N) is 2. The second kappa shape index (κ2) is 8.29. The fraction of sp³-hybridized carbons (Fsp3) is 0.368. The van der Waals surface area contributed by atoms with E-state index in [1.165, 1.54) is 30.5 Å². The molecule has 2 N–H and O–H groups in total. The van der Waals surface area contributed by atoms with Gasteiger partial charge in [0.05, 0.1) is 29.9 Å². The molecule has 0 saturated carbocycles.